The number of nitrogens with zero attached hydrogens (tertiary/aromatic N) is 2. The smallest absolute Gasteiger partial charge is 0.331 e. The van der Waals surface area contributed by atoms with Crippen molar-refractivity contribution in [2.45, 2.75) is 39.3 Å². The molecule has 0 bridgehead atoms. The Labute approximate surface area is 220 Å². The molecule has 4 aromatic rings. The second-order valence-corrected chi connectivity index (χ2v) is 9.28. The van der Waals surface area contributed by atoms with Gasteiger partial charge in [-0.2, -0.15) is 0 Å². The number of aromatic nitrogens is 1. The quantitative estimate of drug-likeness (QED) is 0.237. The monoisotopic (exact) mass is 511 g/mol. The highest BCUT2D eigenvalue weighted by Crippen LogP contribution is 2.29. The van der Waals surface area contributed by atoms with Gasteiger partial charge in [0, 0.05) is 22.7 Å². The summed E-state index contributed by atoms with van der Waals surface area (Å²) < 4.78 is 13.5. The number of urea groups is 1. The largest absolute Gasteiger partial charge is 0.491 e. The van der Waals surface area contributed by atoms with E-state index < -0.39 is 17.8 Å². The maximum absolute atomic E-state index is 13.2. The second kappa shape index (κ2) is 10.8. The Morgan fingerprint density at radius 3 is 2.61 bits per heavy atom. The standard InChI is InChI=1S/C30H29N3O5/c1-3-20(2)23-10-5-7-13-27(23)38-16-14-32-18-21(24-11-4-6-12-26(24)32)17-25-28(34)31-30(36)33(29(25)35)19-22-9-8-15-37-22/h4-13,15,17-18,20H,3,14,16,19H2,1-2H3,(H,31,34,36)/b25-17-. The van der Waals surface area contributed by atoms with Crippen molar-refractivity contribution in [3.8, 4) is 5.75 Å². The first-order valence-corrected chi connectivity index (χ1v) is 12.7. The van der Waals surface area contributed by atoms with Gasteiger partial charge in [0.1, 0.15) is 23.7 Å². The maximum Gasteiger partial charge on any atom is 0.331 e. The third-order valence-electron chi connectivity index (χ3n) is 6.85. The summed E-state index contributed by atoms with van der Waals surface area (Å²) >= 11 is 0. The van der Waals surface area contributed by atoms with Gasteiger partial charge < -0.3 is 13.7 Å². The second-order valence-electron chi connectivity index (χ2n) is 9.28. The molecule has 1 fully saturated rings. The molecule has 0 radical (unpaired) electrons. The highest BCUT2D eigenvalue weighted by Gasteiger charge is 2.36. The normalized spacial score (nSPS) is 15.8. The average molecular weight is 512 g/mol. The molecule has 2 aromatic heterocycles. The molecule has 8 heteroatoms. The first-order chi connectivity index (χ1) is 18.5. The fourth-order valence-corrected chi connectivity index (χ4v) is 4.62. The summed E-state index contributed by atoms with van der Waals surface area (Å²) in [6, 6.07) is 18.4. The molecule has 1 aliphatic rings. The number of para-hydroxylation sites is 2. The van der Waals surface area contributed by atoms with E-state index in [-0.39, 0.29) is 12.1 Å². The van der Waals surface area contributed by atoms with E-state index in [1.165, 1.54) is 17.9 Å². The molecule has 8 nitrogen and oxygen atoms in total. The van der Waals surface area contributed by atoms with Crippen LogP contribution in [0.2, 0.25) is 0 Å². The van der Waals surface area contributed by atoms with Gasteiger partial charge in [-0.05, 0) is 48.2 Å². The molecular formula is C30H29N3O5. The molecule has 3 heterocycles. The summed E-state index contributed by atoms with van der Waals surface area (Å²) in [6.07, 6.45) is 5.93. The lowest BCUT2D eigenvalue weighted by molar-refractivity contribution is -0.130. The van der Waals surface area contributed by atoms with Crippen LogP contribution in [-0.4, -0.2) is 33.9 Å². The zero-order chi connectivity index (χ0) is 26.6. The van der Waals surface area contributed by atoms with Crippen molar-refractivity contribution in [3.05, 3.63) is 95.6 Å². The minimum Gasteiger partial charge on any atom is -0.491 e. The number of carbonyl (C=O) groups excluding carboxylic acids is 3. The minimum absolute atomic E-state index is 0.0699. The van der Waals surface area contributed by atoms with Gasteiger partial charge in [0.15, 0.2) is 0 Å². The number of carbonyl (C=O) groups is 3. The van der Waals surface area contributed by atoms with Crippen molar-refractivity contribution >= 4 is 34.8 Å². The van der Waals surface area contributed by atoms with Crippen LogP contribution in [0.3, 0.4) is 0 Å². The van der Waals surface area contributed by atoms with Crippen LogP contribution in [0.4, 0.5) is 4.79 Å². The molecule has 0 spiro atoms. The average Bonchev–Trinajstić information content (AvgIpc) is 3.57. The topological polar surface area (TPSA) is 93.8 Å². The van der Waals surface area contributed by atoms with Crippen LogP contribution in [0.25, 0.3) is 17.0 Å². The van der Waals surface area contributed by atoms with Crippen LogP contribution < -0.4 is 10.1 Å². The first-order valence-electron chi connectivity index (χ1n) is 12.7. The third kappa shape index (κ3) is 4.98. The van der Waals surface area contributed by atoms with Gasteiger partial charge in [0.2, 0.25) is 0 Å². The molecule has 5 rings (SSSR count). The fourth-order valence-electron chi connectivity index (χ4n) is 4.62. The van der Waals surface area contributed by atoms with Crippen molar-refractivity contribution < 1.29 is 23.5 Å². The van der Waals surface area contributed by atoms with E-state index in [1.807, 2.05) is 53.2 Å². The molecule has 4 amide bonds. The van der Waals surface area contributed by atoms with Crippen LogP contribution in [0, 0.1) is 0 Å². The number of nitrogens with one attached hydrogen (secondary N) is 1. The third-order valence-corrected chi connectivity index (χ3v) is 6.85. The van der Waals surface area contributed by atoms with Gasteiger partial charge in [-0.1, -0.05) is 50.2 Å². The summed E-state index contributed by atoms with van der Waals surface area (Å²) in [6.45, 7) is 5.30. The Hall–Kier alpha value is -4.59. The molecule has 1 N–H and O–H groups in total. The first kappa shape index (κ1) is 25.1. The zero-order valence-electron chi connectivity index (χ0n) is 21.3. The number of benzene rings is 2. The number of fused-ring (bicyclic) bond motifs is 1. The number of rotatable bonds is 9. The van der Waals surface area contributed by atoms with Gasteiger partial charge >= 0.3 is 6.03 Å². The SMILES string of the molecule is CCC(C)c1ccccc1OCCn1cc(/C=C2/C(=O)NC(=O)N(Cc3ccco3)C2=O)c2ccccc21. The summed E-state index contributed by atoms with van der Waals surface area (Å²) in [4.78, 5) is 39.1. The van der Waals surface area contributed by atoms with Gasteiger partial charge in [-0.15, -0.1) is 0 Å². The molecular weight excluding hydrogens is 482 g/mol. The summed E-state index contributed by atoms with van der Waals surface area (Å²) in [5.74, 6) is 0.324. The van der Waals surface area contributed by atoms with E-state index in [1.54, 1.807) is 12.1 Å². The molecule has 0 aliphatic carbocycles. The molecule has 1 aliphatic heterocycles. The Kier molecular flexibility index (Phi) is 7.13. The Morgan fingerprint density at radius 2 is 1.82 bits per heavy atom. The van der Waals surface area contributed by atoms with Crippen molar-refractivity contribution in [2.75, 3.05) is 6.61 Å². The molecule has 2 aromatic carbocycles. The minimum atomic E-state index is -0.772. The van der Waals surface area contributed by atoms with E-state index >= 15 is 0 Å². The van der Waals surface area contributed by atoms with Gasteiger partial charge in [-0.25, -0.2) is 4.79 Å². The van der Waals surface area contributed by atoms with Crippen LogP contribution in [0.5, 0.6) is 5.75 Å². The highest BCUT2D eigenvalue weighted by atomic mass is 16.5. The summed E-state index contributed by atoms with van der Waals surface area (Å²) in [5.41, 5.74) is 2.72. The Morgan fingerprint density at radius 1 is 1.03 bits per heavy atom. The number of hydrogen-bond donors (Lipinski definition) is 1. The van der Waals surface area contributed by atoms with Crippen LogP contribution in [-0.2, 0) is 22.7 Å². The van der Waals surface area contributed by atoms with Crippen LogP contribution in [0.15, 0.2) is 83.1 Å². The van der Waals surface area contributed by atoms with E-state index in [0.717, 1.165) is 28.0 Å². The molecule has 38 heavy (non-hydrogen) atoms. The zero-order valence-corrected chi connectivity index (χ0v) is 21.3. The molecule has 1 saturated heterocycles. The van der Waals surface area contributed by atoms with Gasteiger partial charge in [-0.3, -0.25) is 19.8 Å². The van der Waals surface area contributed by atoms with Crippen molar-refractivity contribution in [3.63, 3.8) is 0 Å². The molecule has 194 valence electrons. The fraction of sp³-hybridized carbons (Fsp3) is 0.233. The predicted octanol–water partition coefficient (Wildman–Crippen LogP) is 5.49. The lowest BCUT2D eigenvalue weighted by Gasteiger charge is -2.25. The van der Waals surface area contributed by atoms with E-state index in [9.17, 15) is 14.4 Å². The predicted molar refractivity (Wildman–Crippen MR) is 143 cm³/mol. The number of hydrogen-bond acceptors (Lipinski definition) is 5. The van der Waals surface area contributed by atoms with Crippen molar-refractivity contribution in [1.82, 2.24) is 14.8 Å². The number of ether oxygens (including phenoxy) is 1. The highest BCUT2D eigenvalue weighted by molar-refractivity contribution is 6.31. The lowest BCUT2D eigenvalue weighted by Crippen LogP contribution is -2.53. The Bertz CT molecular complexity index is 1520. The Balaban J connectivity index is 1.40. The van der Waals surface area contributed by atoms with Crippen molar-refractivity contribution in [2.24, 2.45) is 0 Å². The van der Waals surface area contributed by atoms with Crippen LogP contribution in [0.1, 0.15) is 43.1 Å². The number of amides is 4. The summed E-state index contributed by atoms with van der Waals surface area (Å²) in [5, 5.41) is 3.14. The number of imide groups is 2. The number of furan rings is 1. The van der Waals surface area contributed by atoms with Crippen molar-refractivity contribution in [1.29, 1.82) is 0 Å². The maximum atomic E-state index is 13.2. The lowest BCUT2D eigenvalue weighted by atomic mass is 9.98. The van der Waals surface area contributed by atoms with Crippen LogP contribution >= 0.6 is 0 Å². The van der Waals surface area contributed by atoms with E-state index in [0.29, 0.717) is 30.4 Å². The molecule has 0 saturated carbocycles. The molecule has 1 atom stereocenters. The molecule has 1 unspecified atom stereocenters. The summed E-state index contributed by atoms with van der Waals surface area (Å²) in [7, 11) is 0. The van der Waals surface area contributed by atoms with Gasteiger partial charge in [0.25, 0.3) is 11.8 Å². The van der Waals surface area contributed by atoms with Gasteiger partial charge in [0.05, 0.1) is 19.4 Å². The number of barbiturate groups is 1. The van der Waals surface area contributed by atoms with E-state index in [4.69, 9.17) is 9.15 Å². The van der Waals surface area contributed by atoms with E-state index in [2.05, 4.69) is 25.2 Å².